The Balaban J connectivity index is 0.000000165. The van der Waals surface area contributed by atoms with Crippen LogP contribution in [0.3, 0.4) is 0 Å². The van der Waals surface area contributed by atoms with Gasteiger partial charge in [-0.2, -0.15) is 32.9 Å². The summed E-state index contributed by atoms with van der Waals surface area (Å²) >= 11 is 0. The molecular formula is C71H75F7N18O6. The lowest BCUT2D eigenvalue weighted by Crippen LogP contribution is -2.45. The molecule has 3 aromatic heterocycles. The molecule has 3 unspecified atom stereocenters. The van der Waals surface area contributed by atoms with Gasteiger partial charge in [-0.1, -0.05) is 115 Å². The van der Waals surface area contributed by atoms with Crippen molar-refractivity contribution in [2.24, 2.45) is 17.2 Å². The first-order valence-corrected chi connectivity index (χ1v) is 32.3. The predicted molar refractivity (Wildman–Crippen MR) is 368 cm³/mol. The Morgan fingerprint density at radius 3 is 1.21 bits per heavy atom. The molecule has 3 saturated heterocycles. The molecule has 0 radical (unpaired) electrons. The first-order valence-electron chi connectivity index (χ1n) is 32.3. The van der Waals surface area contributed by atoms with Gasteiger partial charge >= 0.3 is 12.1 Å². The number of nitrogens with one attached hydrogen (secondary N) is 6. The summed E-state index contributed by atoms with van der Waals surface area (Å²) in [6.07, 6.45) is -1.06. The Morgan fingerprint density at radius 1 is 0.471 bits per heavy atom. The molecule has 24 nitrogen and oxygen atoms in total. The normalized spacial score (nSPS) is 17.2. The van der Waals surface area contributed by atoms with E-state index in [-0.39, 0.29) is 94.8 Å². The number of piperidine rings is 2. The van der Waals surface area contributed by atoms with Gasteiger partial charge in [0, 0.05) is 91.9 Å². The van der Waals surface area contributed by atoms with Crippen LogP contribution in [0.15, 0.2) is 140 Å². The van der Waals surface area contributed by atoms with Gasteiger partial charge in [-0.05, 0) is 84.8 Å². The maximum Gasteiger partial charge on any atom is 0.304 e. The summed E-state index contributed by atoms with van der Waals surface area (Å²) in [6, 6.07) is 31.2. The van der Waals surface area contributed by atoms with Crippen LogP contribution in [0.25, 0.3) is 33.8 Å². The van der Waals surface area contributed by atoms with E-state index in [9.17, 15) is 59.5 Å². The summed E-state index contributed by atoms with van der Waals surface area (Å²) in [5.74, 6) is -6.71. The highest BCUT2D eigenvalue weighted by Gasteiger charge is 2.43. The summed E-state index contributed by atoms with van der Waals surface area (Å²) < 4.78 is 99.9. The average Bonchev–Trinajstić information content (AvgIpc) is 1.63. The topological polar surface area (TPSA) is 384 Å². The molecule has 6 aromatic carbocycles. The van der Waals surface area contributed by atoms with Crippen molar-refractivity contribution in [3.05, 3.63) is 212 Å². The molecule has 31 heteroatoms. The Morgan fingerprint density at radius 2 is 0.833 bits per heavy atom. The number of aryl methyl sites for hydroxylation is 3. The molecule has 12 rings (SSSR count). The van der Waals surface area contributed by atoms with Gasteiger partial charge in [0.1, 0.15) is 57.0 Å². The van der Waals surface area contributed by atoms with Crippen molar-refractivity contribution in [1.82, 2.24) is 61.2 Å². The number of aromatic nitrogens is 6. The lowest BCUT2D eigenvalue weighted by atomic mass is 10.0. The van der Waals surface area contributed by atoms with Crippen molar-refractivity contribution in [3.8, 4) is 33.8 Å². The third kappa shape index (κ3) is 17.0. The van der Waals surface area contributed by atoms with Crippen LogP contribution >= 0.6 is 0 Å². The summed E-state index contributed by atoms with van der Waals surface area (Å²) in [6.45, 7) is 6.11. The Labute approximate surface area is 580 Å². The number of carbonyl (C=O) groups is 6. The molecular weight excluding hydrogens is 1330 g/mol. The number of nitrogen functional groups attached to an aromatic ring is 3. The van der Waals surface area contributed by atoms with E-state index in [2.05, 4.69) is 47.2 Å². The highest BCUT2D eigenvalue weighted by Crippen LogP contribution is 2.39. The highest BCUT2D eigenvalue weighted by atomic mass is 19.3. The average molecular weight is 1410 g/mol. The maximum atomic E-state index is 13.9. The van der Waals surface area contributed by atoms with Gasteiger partial charge in [0.05, 0.1) is 24.7 Å². The number of halogens is 7. The fourth-order valence-electron chi connectivity index (χ4n) is 12.2. The summed E-state index contributed by atoms with van der Waals surface area (Å²) in [5, 5.41) is 28.5. The van der Waals surface area contributed by atoms with Crippen molar-refractivity contribution < 1.29 is 59.5 Å². The number of anilines is 3. The molecule has 18 N–H and O–H groups in total. The minimum atomic E-state index is -3.05. The molecule has 534 valence electrons. The van der Waals surface area contributed by atoms with Crippen LogP contribution in [-0.4, -0.2) is 109 Å². The second-order valence-corrected chi connectivity index (χ2v) is 25.0. The van der Waals surface area contributed by atoms with Gasteiger partial charge in [-0.3, -0.25) is 39.4 Å². The number of primary amides is 3. The van der Waals surface area contributed by atoms with Gasteiger partial charge in [-0.25, -0.2) is 27.2 Å². The van der Waals surface area contributed by atoms with Crippen LogP contribution in [0.2, 0.25) is 0 Å². The van der Waals surface area contributed by atoms with E-state index in [1.807, 2.05) is 50.2 Å². The second kappa shape index (κ2) is 30.6. The van der Waals surface area contributed by atoms with E-state index in [0.29, 0.717) is 52.9 Å². The van der Waals surface area contributed by atoms with Crippen LogP contribution in [0.4, 0.5) is 48.2 Å². The number of nitrogens with zero attached hydrogens (tertiary/aromatic N) is 6. The Hall–Kier alpha value is -11.4. The van der Waals surface area contributed by atoms with Crippen molar-refractivity contribution >= 4 is 52.9 Å². The molecule has 6 heterocycles. The number of benzene rings is 6. The van der Waals surface area contributed by atoms with Gasteiger partial charge in [0.25, 0.3) is 41.4 Å². The standard InChI is InChI=1S/2C24H26F2N6O2.C23H23F3N6O2/c1-14-4-2-3-5-18(14)23(34)30-11-15-6-8-16(9-7-15)20-19(22(28)33)21(27)32(31-20)17-10-24(25,26)13-29-12-17;1-14-4-2-3-5-18(14)23(34)29-13-15-6-8-16(9-7-15)20-19(22(28)33)21(27)32(31-20)17-10-11-30-24(25,26)12-17;1-12-2-7-15(24)8-17(12)22(34)29-10-13-3-5-14(6-4-13)19-18(21(28)33)20(27)32(31-19)16-9-23(25,26)30-11-16/h2-9,17,29H,10-13,27H2,1H3,(H2,28,33)(H,30,34);2-9,17,30H,10-13,27H2,1H3,(H2,28,33)(H,29,34);2-8,16,30H,9-11,27H2,1H3,(H2,28,33)(H,29,34). The summed E-state index contributed by atoms with van der Waals surface area (Å²) in [5.41, 5.74) is 43.4. The Bertz CT molecular complexity index is 4430. The van der Waals surface area contributed by atoms with Crippen LogP contribution in [0.5, 0.6) is 0 Å². The highest BCUT2D eigenvalue weighted by molar-refractivity contribution is 6.05. The van der Waals surface area contributed by atoms with E-state index >= 15 is 0 Å². The molecule has 0 bridgehead atoms. The molecule has 3 atom stereocenters. The van der Waals surface area contributed by atoms with Crippen molar-refractivity contribution in [2.45, 2.75) is 102 Å². The first kappa shape index (κ1) is 73.3. The number of rotatable bonds is 18. The minimum absolute atomic E-state index is 0.00227. The van der Waals surface area contributed by atoms with Gasteiger partial charge in [-0.15, -0.1) is 0 Å². The molecule has 3 fully saturated rings. The maximum absolute atomic E-state index is 13.9. The molecule has 9 aromatic rings. The fraction of sp³-hybridized carbons (Fsp3) is 0.282. The number of hydrogen-bond donors (Lipinski definition) is 12. The number of alkyl halides is 6. The predicted octanol–water partition coefficient (Wildman–Crippen LogP) is 8.36. The third-order valence-electron chi connectivity index (χ3n) is 17.6. The van der Waals surface area contributed by atoms with E-state index in [0.717, 1.165) is 27.8 Å². The SMILES string of the molecule is Cc1ccc(F)cc1C(=O)NCc1ccc(-c2nn(C3CNC(F)(F)C3)c(N)c2C(N)=O)cc1.Cc1ccccc1C(=O)NCc1ccc(-c2nn(C3CCNC(F)(F)C3)c(N)c2C(N)=O)cc1.Cc1ccccc1C(=O)NCc1ccc(-c2nn(C3CNCC(F)(F)C3)c(N)c2C(N)=O)cc1. The van der Waals surface area contributed by atoms with E-state index in [1.165, 1.54) is 32.2 Å². The first-order chi connectivity index (χ1) is 48.4. The smallest absolute Gasteiger partial charge is 0.304 e. The van der Waals surface area contributed by atoms with E-state index in [4.69, 9.17) is 34.4 Å². The molecule has 6 amide bonds. The van der Waals surface area contributed by atoms with Crippen LogP contribution in [-0.2, 0) is 19.6 Å². The van der Waals surface area contributed by atoms with Crippen LogP contribution in [0, 0.1) is 26.6 Å². The lowest BCUT2D eigenvalue weighted by molar-refractivity contribution is -0.0726. The van der Waals surface area contributed by atoms with Gasteiger partial charge in [0.15, 0.2) is 0 Å². The monoisotopic (exact) mass is 1410 g/mol. The molecule has 0 aliphatic carbocycles. The largest absolute Gasteiger partial charge is 0.383 e. The van der Waals surface area contributed by atoms with Crippen molar-refractivity contribution in [2.75, 3.05) is 43.4 Å². The Kier molecular flexibility index (Phi) is 22.0. The van der Waals surface area contributed by atoms with E-state index in [1.54, 1.807) is 91.9 Å². The number of hydrogen-bond acceptors (Lipinski definition) is 15. The van der Waals surface area contributed by atoms with Crippen LogP contribution < -0.4 is 66.3 Å². The summed E-state index contributed by atoms with van der Waals surface area (Å²) in [7, 11) is 0. The van der Waals surface area contributed by atoms with Crippen LogP contribution in [0.1, 0.15) is 139 Å². The van der Waals surface area contributed by atoms with Crippen molar-refractivity contribution in [3.63, 3.8) is 0 Å². The van der Waals surface area contributed by atoms with Crippen molar-refractivity contribution in [1.29, 1.82) is 0 Å². The minimum Gasteiger partial charge on any atom is -0.383 e. The molecule has 0 spiro atoms. The third-order valence-corrected chi connectivity index (χ3v) is 17.6. The molecule has 3 aliphatic rings. The fourth-order valence-corrected chi connectivity index (χ4v) is 12.2. The van der Waals surface area contributed by atoms with Gasteiger partial charge < -0.3 is 55.7 Å². The zero-order valence-corrected chi connectivity index (χ0v) is 55.5. The summed E-state index contributed by atoms with van der Waals surface area (Å²) in [4.78, 5) is 73.6. The molecule has 3 aliphatic heterocycles. The van der Waals surface area contributed by atoms with Gasteiger partial charge in [0.2, 0.25) is 0 Å². The second-order valence-electron chi connectivity index (χ2n) is 25.0. The number of nitrogens with two attached hydrogens (primary N) is 6. The number of carbonyl (C=O) groups excluding carboxylic acids is 6. The quantitative estimate of drug-likeness (QED) is 0.0283. The zero-order chi connectivity index (χ0) is 73.5. The molecule has 0 saturated carbocycles. The molecule has 102 heavy (non-hydrogen) atoms. The lowest BCUT2D eigenvalue weighted by Gasteiger charge is -2.30. The van der Waals surface area contributed by atoms with E-state index < -0.39 is 91.4 Å². The number of amides is 6. The zero-order valence-electron chi connectivity index (χ0n) is 55.5.